The lowest BCUT2D eigenvalue weighted by atomic mass is 9.67. The van der Waals surface area contributed by atoms with E-state index in [9.17, 15) is 17.8 Å². The fraction of sp³-hybridized carbons (Fsp3) is 0.698. The van der Waals surface area contributed by atoms with Crippen molar-refractivity contribution in [2.24, 2.45) is 71.0 Å². The van der Waals surface area contributed by atoms with Crippen LogP contribution >= 0.6 is 0 Å². The maximum absolute atomic E-state index is 15.5. The molecule has 9 fully saturated rings. The van der Waals surface area contributed by atoms with Crippen LogP contribution in [0.4, 0.5) is 17.6 Å². The molecule has 15 unspecified atom stereocenters. The van der Waals surface area contributed by atoms with Gasteiger partial charge in [0.1, 0.15) is 0 Å². The van der Waals surface area contributed by atoms with E-state index in [0.717, 1.165) is 61.0 Å². The molecule has 9 saturated carbocycles. The summed E-state index contributed by atoms with van der Waals surface area (Å²) in [5.41, 5.74) is 3.41. The molecule has 53 heavy (non-hydrogen) atoms. The molecule has 284 valence electrons. The van der Waals surface area contributed by atoms with Crippen molar-refractivity contribution in [3.8, 4) is 5.75 Å². The molecule has 9 aliphatic carbocycles. The van der Waals surface area contributed by atoms with Crippen LogP contribution in [0, 0.1) is 94.3 Å². The fourth-order valence-electron chi connectivity index (χ4n) is 16.1. The predicted octanol–water partition coefficient (Wildman–Crippen LogP) is 10.3. The third kappa shape index (κ3) is 4.75. The number of carbonyl (C=O) groups excluding carboxylic acids is 1. The van der Waals surface area contributed by atoms with Gasteiger partial charge in [0, 0.05) is 0 Å². The highest BCUT2D eigenvalue weighted by atomic mass is 32.2. The van der Waals surface area contributed by atoms with Gasteiger partial charge in [0.25, 0.3) is 0 Å². The van der Waals surface area contributed by atoms with Crippen LogP contribution in [-0.2, 0) is 10.1 Å². The number of carbonyl (C=O) groups is 1. The molecule has 0 heterocycles. The molecular formula is C43H48F4O5S. The summed E-state index contributed by atoms with van der Waals surface area (Å²) in [6, 6.07) is 4.51. The summed E-state index contributed by atoms with van der Waals surface area (Å²) in [7, 11) is -5.66. The number of esters is 1. The largest absolute Gasteiger partial charge is 0.416 e. The number of rotatable bonds is 6. The van der Waals surface area contributed by atoms with Gasteiger partial charge >= 0.3 is 16.1 Å². The van der Waals surface area contributed by atoms with Crippen LogP contribution in [0.1, 0.15) is 141 Å². The number of hydrogen-bond donors (Lipinski definition) is 1. The molecule has 5 nitrogen and oxygen atoms in total. The van der Waals surface area contributed by atoms with Crippen molar-refractivity contribution < 1.29 is 40.1 Å². The summed E-state index contributed by atoms with van der Waals surface area (Å²) in [5, 5.41) is 0. The Labute approximate surface area is 308 Å². The molecule has 9 aliphatic rings. The minimum absolute atomic E-state index is 0.0845. The topological polar surface area (TPSA) is 80.7 Å². The van der Waals surface area contributed by atoms with Gasteiger partial charge in [-0.05, 0) is 183 Å². The monoisotopic (exact) mass is 752 g/mol. The van der Waals surface area contributed by atoms with Gasteiger partial charge in [0.15, 0.2) is 16.5 Å². The van der Waals surface area contributed by atoms with Crippen LogP contribution in [0.25, 0.3) is 0 Å². The number of halogens is 4. The summed E-state index contributed by atoms with van der Waals surface area (Å²) in [4.78, 5) is 12.6. The van der Waals surface area contributed by atoms with E-state index in [1.165, 1.54) is 69.8 Å². The average molecular weight is 753 g/mol. The van der Waals surface area contributed by atoms with E-state index in [2.05, 4.69) is 12.1 Å². The van der Waals surface area contributed by atoms with Crippen molar-refractivity contribution in [3.63, 3.8) is 0 Å². The van der Waals surface area contributed by atoms with E-state index in [1.807, 2.05) is 0 Å². The van der Waals surface area contributed by atoms with Crippen LogP contribution in [0.5, 0.6) is 5.75 Å². The second kappa shape index (κ2) is 11.8. The van der Waals surface area contributed by atoms with Gasteiger partial charge in [-0.1, -0.05) is 31.4 Å². The Morgan fingerprint density at radius 3 is 1.40 bits per heavy atom. The van der Waals surface area contributed by atoms with E-state index in [0.29, 0.717) is 64.7 Å². The first-order valence-electron chi connectivity index (χ1n) is 20.7. The van der Waals surface area contributed by atoms with Crippen LogP contribution in [0.2, 0.25) is 0 Å². The highest BCUT2D eigenvalue weighted by molar-refractivity contribution is 7.85. The van der Waals surface area contributed by atoms with Crippen molar-refractivity contribution in [3.05, 3.63) is 57.7 Å². The van der Waals surface area contributed by atoms with Crippen molar-refractivity contribution in [1.29, 1.82) is 0 Å². The Kier molecular flexibility index (Phi) is 7.52. The lowest BCUT2D eigenvalue weighted by Gasteiger charge is -2.38. The summed E-state index contributed by atoms with van der Waals surface area (Å²) in [5.74, 6) is -3.60. The Balaban J connectivity index is 1.07. The third-order valence-corrected chi connectivity index (χ3v) is 18.4. The van der Waals surface area contributed by atoms with Crippen LogP contribution in [-0.4, -0.2) is 18.9 Å². The van der Waals surface area contributed by atoms with Crippen molar-refractivity contribution >= 4 is 16.1 Å². The first kappa shape index (κ1) is 33.8. The van der Waals surface area contributed by atoms with Crippen molar-refractivity contribution in [2.75, 3.05) is 0 Å². The molecule has 10 heteroatoms. The lowest BCUT2D eigenvalue weighted by molar-refractivity contribution is 0.0710. The maximum Gasteiger partial charge on any atom is 0.344 e. The molecule has 2 aromatic carbocycles. The maximum atomic E-state index is 15.5. The van der Waals surface area contributed by atoms with Gasteiger partial charge < -0.3 is 4.74 Å². The molecule has 0 radical (unpaired) electrons. The highest BCUT2D eigenvalue weighted by Gasteiger charge is 2.58. The molecule has 2 aromatic rings. The summed E-state index contributed by atoms with van der Waals surface area (Å²) in [6.45, 7) is 0. The summed E-state index contributed by atoms with van der Waals surface area (Å²) >= 11 is 0. The van der Waals surface area contributed by atoms with Crippen LogP contribution < -0.4 is 4.74 Å². The molecule has 15 atom stereocenters. The Morgan fingerprint density at radius 2 is 0.962 bits per heavy atom. The molecule has 0 aliphatic heterocycles. The van der Waals surface area contributed by atoms with Gasteiger partial charge in [-0.25, -0.2) is 13.6 Å². The first-order valence-corrected chi connectivity index (χ1v) is 22.1. The molecule has 11 rings (SSSR count). The van der Waals surface area contributed by atoms with E-state index in [-0.39, 0.29) is 11.8 Å². The molecule has 0 spiro atoms. The zero-order chi connectivity index (χ0) is 36.2. The van der Waals surface area contributed by atoms with Crippen molar-refractivity contribution in [2.45, 2.75) is 119 Å². The predicted molar refractivity (Wildman–Crippen MR) is 187 cm³/mol. The average Bonchev–Trinajstić information content (AvgIpc) is 3.98. The molecule has 6 bridgehead atoms. The first-order chi connectivity index (χ1) is 25.5. The van der Waals surface area contributed by atoms with Crippen LogP contribution in [0.3, 0.4) is 0 Å². The van der Waals surface area contributed by atoms with E-state index in [1.54, 1.807) is 0 Å². The number of fused-ring (bicyclic) bond motifs is 15. The van der Waals surface area contributed by atoms with Gasteiger partial charge in [-0.3, -0.25) is 4.55 Å². The molecule has 0 aromatic heterocycles. The molecule has 0 amide bonds. The van der Waals surface area contributed by atoms with Gasteiger partial charge in [0.2, 0.25) is 17.4 Å². The lowest BCUT2D eigenvalue weighted by Crippen LogP contribution is -2.29. The van der Waals surface area contributed by atoms with Gasteiger partial charge in [-0.15, -0.1) is 0 Å². The number of hydrogen-bond acceptors (Lipinski definition) is 4. The minimum Gasteiger partial charge on any atom is -0.416 e. The summed E-state index contributed by atoms with van der Waals surface area (Å²) < 4.78 is 99.2. The SMILES string of the molecule is O=C(Oc1c(F)c(F)c(S(=O)(=O)O)c(F)c1F)c1c(C2CC3CC2C2CCCC32)cc(C2CC3CC2C2CCCC32)cc1C1CC2CC1C1CCCC21. The van der Waals surface area contributed by atoms with Crippen LogP contribution in [0.15, 0.2) is 17.0 Å². The Hall–Kier alpha value is -2.46. The second-order valence-corrected chi connectivity index (χ2v) is 20.5. The third-order valence-electron chi connectivity index (χ3n) is 17.6. The fourth-order valence-corrected chi connectivity index (χ4v) is 16.7. The normalized spacial score (nSPS) is 42.8. The molecular weight excluding hydrogens is 705 g/mol. The van der Waals surface area contributed by atoms with Gasteiger partial charge in [-0.2, -0.15) is 17.2 Å². The molecule has 0 saturated heterocycles. The zero-order valence-electron chi connectivity index (χ0n) is 29.9. The Morgan fingerprint density at radius 1 is 0.566 bits per heavy atom. The van der Waals surface area contributed by atoms with E-state index < -0.39 is 50.0 Å². The smallest absolute Gasteiger partial charge is 0.344 e. The quantitative estimate of drug-likeness (QED) is 0.104. The number of benzene rings is 2. The minimum atomic E-state index is -5.66. The zero-order valence-corrected chi connectivity index (χ0v) is 30.7. The van der Waals surface area contributed by atoms with Gasteiger partial charge in [0.05, 0.1) is 5.56 Å². The van der Waals surface area contributed by atoms with E-state index in [4.69, 9.17) is 4.74 Å². The van der Waals surface area contributed by atoms with E-state index >= 15 is 17.6 Å². The molecule has 1 N–H and O–H groups in total. The highest BCUT2D eigenvalue weighted by Crippen LogP contribution is 2.68. The number of ether oxygens (including phenoxy) is 1. The second-order valence-electron chi connectivity index (χ2n) is 19.1. The Bertz CT molecular complexity index is 1940. The standard InChI is InChI=1S/C43H48F4O5S/c44-37-39(46)42(53(49,50)51)40(47)38(45)41(37)52-43(48)36-34(32-14-19-12-30(32)26-8-2-5-23(19)26)16-21(28-10-18-11-29(28)25-7-1-4-22(18)25)17-35(36)33-15-20-13-31(33)27-9-3-6-24(20)27/h16-20,22-33H,1-15H2,(H,49,50,51). The summed E-state index contributed by atoms with van der Waals surface area (Å²) in [6.07, 6.45) is 17.7. The van der Waals surface area contributed by atoms with Crippen molar-refractivity contribution in [1.82, 2.24) is 0 Å².